The number of methoxy groups -OCH3 is 1. The molecule has 0 unspecified atom stereocenters. The van der Waals surface area contributed by atoms with Crippen LogP contribution in [0.5, 0.6) is 0 Å². The summed E-state index contributed by atoms with van der Waals surface area (Å²) in [4.78, 5) is 147. The first kappa shape index (κ1) is 67.2. The summed E-state index contributed by atoms with van der Waals surface area (Å²) in [6.07, 6.45) is 14.4. The van der Waals surface area contributed by atoms with Gasteiger partial charge in [-0.1, -0.05) is 0 Å². The van der Waals surface area contributed by atoms with E-state index in [9.17, 15) is 52.7 Å². The maximum atomic E-state index is 13.8. The van der Waals surface area contributed by atoms with Gasteiger partial charge in [0.25, 0.3) is 47.3 Å². The van der Waals surface area contributed by atoms with Gasteiger partial charge in [0.1, 0.15) is 39.9 Å². The van der Waals surface area contributed by atoms with E-state index in [0.717, 1.165) is 0 Å². The number of hydrogen-bond acceptors (Lipinski definition) is 14. The van der Waals surface area contributed by atoms with Gasteiger partial charge in [0.2, 0.25) is 17.7 Å². The Labute approximate surface area is 531 Å². The molecule has 0 aliphatic carbocycles. The second kappa shape index (κ2) is 29.7. The number of amides is 11. The van der Waals surface area contributed by atoms with E-state index in [1.807, 2.05) is 0 Å². The van der Waals surface area contributed by atoms with Crippen LogP contribution in [0.3, 0.4) is 0 Å². The van der Waals surface area contributed by atoms with Gasteiger partial charge < -0.3 is 106 Å². The van der Waals surface area contributed by atoms with E-state index < -0.39 is 71.0 Å². The molecule has 0 fully saturated rings. The molecule has 93 heavy (non-hydrogen) atoms. The molecule has 11 amide bonds. The molecule has 0 saturated heterocycles. The van der Waals surface area contributed by atoms with Crippen LogP contribution in [-0.2, 0) is 75.0 Å². The van der Waals surface area contributed by atoms with Crippen LogP contribution >= 0.6 is 0 Å². The van der Waals surface area contributed by atoms with Gasteiger partial charge in [0.15, 0.2) is 5.82 Å². The highest BCUT2D eigenvalue weighted by atomic mass is 16.5. The molecule has 490 valence electrons. The van der Waals surface area contributed by atoms with Gasteiger partial charge in [-0.25, -0.2) is 4.98 Å². The minimum absolute atomic E-state index is 0.00598. The molecule has 14 N–H and O–H groups in total. The highest BCUT2D eigenvalue weighted by Gasteiger charge is 2.24. The van der Waals surface area contributed by atoms with E-state index in [0.29, 0.717) is 48.0 Å². The zero-order valence-corrected chi connectivity index (χ0v) is 52.3. The topological polar surface area (TPSA) is 422 Å². The Kier molecular flexibility index (Phi) is 21.5. The van der Waals surface area contributed by atoms with Crippen molar-refractivity contribution in [3.05, 3.63) is 144 Å². The molecule has 0 saturated carbocycles. The average Bonchev–Trinajstić information content (AvgIpc) is 1.74. The smallest absolute Gasteiger partial charge is 0.291 e. The van der Waals surface area contributed by atoms with Crippen molar-refractivity contribution in [1.82, 2.24) is 57.5 Å². The van der Waals surface area contributed by atoms with E-state index >= 15 is 0 Å². The Morgan fingerprint density at radius 1 is 0.441 bits per heavy atom. The molecular formula is C60H73N21O12. The number of anilines is 7. The molecule has 33 heteroatoms. The van der Waals surface area contributed by atoms with Crippen molar-refractivity contribution in [2.24, 2.45) is 60.8 Å². The molecule has 8 aromatic heterocycles. The van der Waals surface area contributed by atoms with Crippen molar-refractivity contribution in [3.63, 3.8) is 0 Å². The molecule has 8 rings (SSSR count). The number of carbonyl (C=O) groups excluding carboxylic acids is 11. The first-order valence-electron chi connectivity index (χ1n) is 29.0. The summed E-state index contributed by atoms with van der Waals surface area (Å²) < 4.78 is 17.5. The zero-order valence-electron chi connectivity index (χ0n) is 52.3. The molecule has 1 atom stereocenters. The van der Waals surface area contributed by atoms with Crippen molar-refractivity contribution in [2.45, 2.75) is 38.3 Å². The number of carbonyl (C=O) groups is 11. The van der Waals surface area contributed by atoms with Crippen molar-refractivity contribution in [2.75, 3.05) is 70.6 Å². The fourth-order valence-electron chi connectivity index (χ4n) is 9.87. The van der Waals surface area contributed by atoms with Crippen molar-refractivity contribution in [3.8, 4) is 0 Å². The third-order valence-corrected chi connectivity index (χ3v) is 14.6. The quantitative estimate of drug-likeness (QED) is 0.0299. The number of rotatable bonds is 29. The summed E-state index contributed by atoms with van der Waals surface area (Å²) in [5, 5.41) is 27.3. The predicted molar refractivity (Wildman–Crippen MR) is 342 cm³/mol. The van der Waals surface area contributed by atoms with Crippen molar-refractivity contribution < 1.29 is 57.5 Å². The number of imidazole rings is 1. The number of hydrogen-bond donors (Lipinski definition) is 12. The largest absolute Gasteiger partial charge is 0.385 e. The maximum absolute atomic E-state index is 13.8. The second-order valence-electron chi connectivity index (χ2n) is 21.8. The summed E-state index contributed by atoms with van der Waals surface area (Å²) in [7, 11) is 12.9. The first-order valence-corrected chi connectivity index (χ1v) is 29.0. The molecule has 0 aromatic carbocycles. The molecule has 0 spiro atoms. The lowest BCUT2D eigenvalue weighted by molar-refractivity contribution is -0.118. The minimum atomic E-state index is -1.09. The fraction of sp³-hybridized carbons (Fsp3) is 0.300. The lowest BCUT2D eigenvalue weighted by Crippen LogP contribution is -2.39. The van der Waals surface area contributed by atoms with Gasteiger partial charge in [-0.15, -0.1) is 0 Å². The first-order chi connectivity index (χ1) is 44.2. The lowest BCUT2D eigenvalue weighted by atomic mass is 10.2. The van der Waals surface area contributed by atoms with Gasteiger partial charge in [0, 0.05) is 158 Å². The SMILES string of the molecule is COCCCn1cc(NC(=O)CCNC(=O)c2cc(NC(=O)c3nccn3C)cn2C)cc1C(=O)Nc1cc(C(=O)NCC[C@@H](N)C(=O)Nc2cc(C(=O)Nc3cc(C(=O)Nc4cc(C(=O)NCCC(=O)Nc5cc(C(N)=O)n(C)c5)n(C)c4)n(C)c3)n(C)c2)n(C)c1. The van der Waals surface area contributed by atoms with Crippen LogP contribution in [0.1, 0.15) is 110 Å². The standard InChI is InChI=1S/C60H73N21O12/c1-74-18-16-63-52(74)60(92)73-39-23-45(78(5)32-39)56(88)66-15-12-50(83)68-40-26-48(81(33-40)17-9-19-93-8)59(91)72-37-22-43(77(4)30-37)54(86)64-13-10-41(61)53(85)69-35-24-46(79(6)28-35)57(89)71-38-25-47(80(7)31-38)58(90)70-36-21-44(76(3)29-36)55(87)65-14-11-49(82)67-34-20-42(51(62)84)75(2)27-34/h16,18,20-33,41H,9-15,17,19,61H2,1-8H3,(H2,62,84)(H,64,86)(H,65,87)(H,66,88)(H,67,82)(H,68,83)(H,69,85)(H,70,90)(H,71,89)(H,72,91)(H,73,92)/t41-/m1/s1. The number of primary amides is 1. The van der Waals surface area contributed by atoms with Gasteiger partial charge in [-0.05, 0) is 55.3 Å². The van der Waals surface area contributed by atoms with Gasteiger partial charge in [-0.3, -0.25) is 52.7 Å². The molecule has 0 aliphatic rings. The van der Waals surface area contributed by atoms with E-state index in [-0.39, 0.29) is 96.0 Å². The van der Waals surface area contributed by atoms with E-state index in [4.69, 9.17) is 16.2 Å². The van der Waals surface area contributed by atoms with Gasteiger partial charge >= 0.3 is 0 Å². The monoisotopic (exact) mass is 1280 g/mol. The Morgan fingerprint density at radius 3 is 1.20 bits per heavy atom. The minimum Gasteiger partial charge on any atom is -0.385 e. The second-order valence-corrected chi connectivity index (χ2v) is 21.8. The molecular weight excluding hydrogens is 1210 g/mol. The predicted octanol–water partition coefficient (Wildman–Crippen LogP) is 2.00. The average molecular weight is 1280 g/mol. The number of ether oxygens (including phenoxy) is 1. The summed E-state index contributed by atoms with van der Waals surface area (Å²) in [6.45, 7) is 0.722. The number of nitrogens with one attached hydrogen (secondary N) is 10. The summed E-state index contributed by atoms with van der Waals surface area (Å²) >= 11 is 0. The third-order valence-electron chi connectivity index (χ3n) is 14.6. The number of nitrogens with two attached hydrogens (primary N) is 2. The van der Waals surface area contributed by atoms with Crippen LogP contribution in [0.15, 0.2) is 98.2 Å². The Bertz CT molecular complexity index is 4180. The van der Waals surface area contributed by atoms with Crippen molar-refractivity contribution in [1.29, 1.82) is 0 Å². The van der Waals surface area contributed by atoms with Crippen LogP contribution in [0.25, 0.3) is 0 Å². The van der Waals surface area contributed by atoms with Crippen LogP contribution in [0.4, 0.5) is 39.8 Å². The van der Waals surface area contributed by atoms with E-state index in [1.54, 1.807) is 90.4 Å². The fourth-order valence-corrected chi connectivity index (χ4v) is 9.87. The number of nitrogens with zero attached hydrogens (tertiary/aromatic N) is 9. The Balaban J connectivity index is 0.760. The highest BCUT2D eigenvalue weighted by molar-refractivity contribution is 6.09. The number of aromatic nitrogens is 9. The molecule has 0 aliphatic heterocycles. The van der Waals surface area contributed by atoms with E-state index in [2.05, 4.69) is 58.2 Å². The molecule has 0 bridgehead atoms. The van der Waals surface area contributed by atoms with Crippen LogP contribution in [0, 0.1) is 0 Å². The third kappa shape index (κ3) is 17.2. The zero-order chi connectivity index (χ0) is 67.4. The molecule has 8 aromatic rings. The summed E-state index contributed by atoms with van der Waals surface area (Å²) in [5.41, 5.74) is 15.1. The normalized spacial score (nSPS) is 11.3. The molecule has 33 nitrogen and oxygen atoms in total. The van der Waals surface area contributed by atoms with Gasteiger partial charge in [0.05, 0.1) is 45.9 Å². The van der Waals surface area contributed by atoms with Crippen LogP contribution in [0.2, 0.25) is 0 Å². The lowest BCUT2D eigenvalue weighted by Gasteiger charge is -2.12. The maximum Gasteiger partial charge on any atom is 0.291 e. The summed E-state index contributed by atoms with van der Waals surface area (Å²) in [5.74, 6) is -5.46. The van der Waals surface area contributed by atoms with Crippen molar-refractivity contribution >= 4 is 105 Å². The van der Waals surface area contributed by atoms with Crippen LogP contribution < -0.4 is 64.6 Å². The Hall–Kier alpha value is -11.7. The molecule has 0 radical (unpaired) electrons. The van der Waals surface area contributed by atoms with Crippen LogP contribution in [-0.4, -0.2) is 146 Å². The van der Waals surface area contributed by atoms with Gasteiger partial charge in [-0.2, -0.15) is 0 Å². The number of aryl methyl sites for hydroxylation is 8. The molecule has 8 heterocycles. The Morgan fingerprint density at radius 2 is 0.796 bits per heavy atom. The highest BCUT2D eigenvalue weighted by Crippen LogP contribution is 2.23. The summed E-state index contributed by atoms with van der Waals surface area (Å²) in [6, 6.07) is 9.20. The van der Waals surface area contributed by atoms with E-state index in [1.165, 1.54) is 101 Å².